The molecule has 1 unspecified atom stereocenters. The average molecular weight is 576 g/mol. The molecule has 0 spiro atoms. The van der Waals surface area contributed by atoms with Gasteiger partial charge in [0.1, 0.15) is 0 Å². The molecule has 1 aromatic heterocycles. The van der Waals surface area contributed by atoms with Crippen molar-refractivity contribution in [3.05, 3.63) is 58.9 Å². The standard InChI is InChI=1S/C36H53N3O3/c1-6-7-11-31(33-14-13-27(3)38-33)23-30(12-9-8-10-28-17-20-39(4)36(40)22-28)32-24-34(41-5)35(21-26(32)2)42-25-29-15-18-37-19-16-29/h11,13-14,21,23-24,28-29,37-38H,6-10,12,15-20,22,25H2,1-5H3/b30-23-,31-11-. The normalized spacial score (nSPS) is 18.9. The van der Waals surface area contributed by atoms with Crippen LogP contribution in [-0.2, 0) is 4.79 Å². The zero-order valence-electron chi connectivity index (χ0n) is 26.7. The zero-order chi connectivity index (χ0) is 29.9. The predicted octanol–water partition coefficient (Wildman–Crippen LogP) is 7.71. The maximum Gasteiger partial charge on any atom is 0.222 e. The molecule has 2 saturated heterocycles. The highest BCUT2D eigenvalue weighted by Crippen LogP contribution is 2.37. The van der Waals surface area contributed by atoms with E-state index in [0.29, 0.717) is 24.2 Å². The van der Waals surface area contributed by atoms with E-state index < -0.39 is 0 Å². The van der Waals surface area contributed by atoms with Crippen LogP contribution in [0.3, 0.4) is 0 Å². The van der Waals surface area contributed by atoms with Gasteiger partial charge >= 0.3 is 0 Å². The Morgan fingerprint density at radius 3 is 2.57 bits per heavy atom. The third-order valence-corrected chi connectivity index (χ3v) is 8.99. The van der Waals surface area contributed by atoms with Gasteiger partial charge in [0, 0.05) is 31.4 Å². The molecular formula is C36H53N3O3. The molecule has 0 aliphatic carbocycles. The molecule has 1 amide bonds. The van der Waals surface area contributed by atoms with Crippen molar-refractivity contribution in [2.75, 3.05) is 40.4 Å². The van der Waals surface area contributed by atoms with E-state index >= 15 is 0 Å². The summed E-state index contributed by atoms with van der Waals surface area (Å²) < 4.78 is 12.2. The van der Waals surface area contributed by atoms with Crippen molar-refractivity contribution in [2.45, 2.75) is 85.0 Å². The average Bonchev–Trinajstić information content (AvgIpc) is 3.43. The lowest BCUT2D eigenvalue weighted by Gasteiger charge is -2.28. The van der Waals surface area contributed by atoms with Gasteiger partial charge in [0.25, 0.3) is 0 Å². The number of benzene rings is 1. The van der Waals surface area contributed by atoms with Crippen LogP contribution in [0.1, 0.15) is 93.6 Å². The summed E-state index contributed by atoms with van der Waals surface area (Å²) in [5, 5.41) is 3.44. The molecule has 0 radical (unpaired) electrons. The van der Waals surface area contributed by atoms with Crippen molar-refractivity contribution < 1.29 is 14.3 Å². The molecule has 2 fully saturated rings. The summed E-state index contributed by atoms with van der Waals surface area (Å²) in [5.41, 5.74) is 7.33. The molecule has 42 heavy (non-hydrogen) atoms. The molecular weight excluding hydrogens is 522 g/mol. The van der Waals surface area contributed by atoms with Crippen LogP contribution >= 0.6 is 0 Å². The van der Waals surface area contributed by atoms with Crippen LogP contribution < -0.4 is 14.8 Å². The van der Waals surface area contributed by atoms with Gasteiger partial charge in [-0.25, -0.2) is 0 Å². The van der Waals surface area contributed by atoms with Crippen molar-refractivity contribution in [1.82, 2.24) is 15.2 Å². The Kier molecular flexibility index (Phi) is 12.2. The summed E-state index contributed by atoms with van der Waals surface area (Å²) in [4.78, 5) is 17.6. The summed E-state index contributed by atoms with van der Waals surface area (Å²) in [7, 11) is 3.66. The fourth-order valence-corrected chi connectivity index (χ4v) is 6.23. The topological polar surface area (TPSA) is 66.6 Å². The third-order valence-electron chi connectivity index (χ3n) is 8.99. The number of aromatic nitrogens is 1. The van der Waals surface area contributed by atoms with Crippen LogP contribution in [0, 0.1) is 25.7 Å². The second-order valence-corrected chi connectivity index (χ2v) is 12.4. The van der Waals surface area contributed by atoms with Crippen LogP contribution in [0.2, 0.25) is 0 Å². The minimum absolute atomic E-state index is 0.295. The molecule has 0 saturated carbocycles. The number of rotatable bonds is 14. The molecule has 0 bridgehead atoms. The first-order chi connectivity index (χ1) is 20.4. The fraction of sp³-hybridized carbons (Fsp3) is 0.583. The van der Waals surface area contributed by atoms with E-state index in [2.05, 4.69) is 67.5 Å². The van der Waals surface area contributed by atoms with Crippen molar-refractivity contribution in [3.63, 3.8) is 0 Å². The Morgan fingerprint density at radius 2 is 1.88 bits per heavy atom. The van der Waals surface area contributed by atoms with Gasteiger partial charge in [-0.05, 0) is 136 Å². The second kappa shape index (κ2) is 16.0. The van der Waals surface area contributed by atoms with E-state index in [1.165, 1.54) is 28.0 Å². The molecule has 230 valence electrons. The summed E-state index contributed by atoms with van der Waals surface area (Å²) in [6.45, 7) is 10.3. The second-order valence-electron chi connectivity index (χ2n) is 12.4. The number of aromatic amines is 1. The Hall–Kier alpha value is -2.99. The first-order valence-corrected chi connectivity index (χ1v) is 16.2. The van der Waals surface area contributed by atoms with Crippen LogP contribution in [0.4, 0.5) is 0 Å². The highest BCUT2D eigenvalue weighted by molar-refractivity contribution is 5.84. The fourth-order valence-electron chi connectivity index (χ4n) is 6.23. The Balaban J connectivity index is 1.57. The number of hydrogen-bond acceptors (Lipinski definition) is 4. The number of amides is 1. The monoisotopic (exact) mass is 575 g/mol. The summed E-state index contributed by atoms with van der Waals surface area (Å²) in [6.07, 6.45) is 15.3. The maximum absolute atomic E-state index is 12.2. The number of piperidine rings is 2. The smallest absolute Gasteiger partial charge is 0.222 e. The van der Waals surface area contributed by atoms with Gasteiger partial charge in [0.15, 0.2) is 11.5 Å². The van der Waals surface area contributed by atoms with Crippen LogP contribution in [0.25, 0.3) is 11.1 Å². The van der Waals surface area contributed by atoms with E-state index in [9.17, 15) is 4.79 Å². The lowest BCUT2D eigenvalue weighted by Crippen LogP contribution is -2.35. The molecule has 4 rings (SSSR count). The van der Waals surface area contributed by atoms with Crippen molar-refractivity contribution in [3.8, 4) is 11.5 Å². The maximum atomic E-state index is 12.2. The van der Waals surface area contributed by atoms with E-state index in [1.54, 1.807) is 7.11 Å². The SMILES string of the molecule is CCC/C=C(/C=C(/CCCCC1CCN(C)C(=O)C1)c1cc(OC)c(OCC2CCNCC2)cc1C)c1ccc(C)[nH]1. The number of carbonyl (C=O) groups excluding carboxylic acids is 1. The van der Waals surface area contributed by atoms with Gasteiger partial charge in [-0.2, -0.15) is 0 Å². The molecule has 1 atom stereocenters. The number of ether oxygens (including phenoxy) is 2. The Labute approximate surface area is 253 Å². The van der Waals surface area contributed by atoms with Gasteiger partial charge in [-0.3, -0.25) is 4.79 Å². The highest BCUT2D eigenvalue weighted by Gasteiger charge is 2.23. The van der Waals surface area contributed by atoms with Crippen LogP contribution in [0.15, 0.2) is 36.4 Å². The van der Waals surface area contributed by atoms with Gasteiger partial charge in [0.2, 0.25) is 5.91 Å². The van der Waals surface area contributed by atoms with E-state index in [4.69, 9.17) is 9.47 Å². The van der Waals surface area contributed by atoms with Crippen molar-refractivity contribution >= 4 is 17.1 Å². The number of allylic oxidation sites excluding steroid dienone is 4. The largest absolute Gasteiger partial charge is 0.493 e. The molecule has 3 heterocycles. The molecule has 2 aliphatic rings. The van der Waals surface area contributed by atoms with E-state index in [-0.39, 0.29) is 0 Å². The highest BCUT2D eigenvalue weighted by atomic mass is 16.5. The molecule has 6 nitrogen and oxygen atoms in total. The van der Waals surface area contributed by atoms with E-state index in [1.807, 2.05) is 11.9 Å². The lowest BCUT2D eigenvalue weighted by atomic mass is 9.89. The Morgan fingerprint density at radius 1 is 1.07 bits per heavy atom. The van der Waals surface area contributed by atoms with Crippen molar-refractivity contribution in [1.29, 1.82) is 0 Å². The summed E-state index contributed by atoms with van der Waals surface area (Å²) >= 11 is 0. The number of carbonyl (C=O) groups is 1. The number of hydrogen-bond donors (Lipinski definition) is 2. The first kappa shape index (κ1) is 31.9. The summed E-state index contributed by atoms with van der Waals surface area (Å²) in [5.74, 6) is 3.03. The number of H-pyrrole nitrogens is 1. The van der Waals surface area contributed by atoms with Crippen molar-refractivity contribution in [2.24, 2.45) is 11.8 Å². The molecule has 2 aromatic rings. The predicted molar refractivity (Wildman–Crippen MR) is 174 cm³/mol. The number of unbranched alkanes of at least 4 members (excludes halogenated alkanes) is 2. The van der Waals surface area contributed by atoms with Crippen LogP contribution in [0.5, 0.6) is 11.5 Å². The number of methoxy groups -OCH3 is 1. The third kappa shape index (κ3) is 9.00. The number of likely N-dealkylation sites (tertiary alicyclic amines) is 1. The number of nitrogens with zero attached hydrogens (tertiary/aromatic N) is 1. The molecule has 6 heteroatoms. The van der Waals surface area contributed by atoms with Gasteiger partial charge < -0.3 is 24.7 Å². The van der Waals surface area contributed by atoms with Gasteiger partial charge in [-0.15, -0.1) is 0 Å². The minimum Gasteiger partial charge on any atom is -0.493 e. The number of aryl methyl sites for hydroxylation is 2. The lowest BCUT2D eigenvalue weighted by molar-refractivity contribution is -0.133. The first-order valence-electron chi connectivity index (χ1n) is 16.2. The molecule has 2 N–H and O–H groups in total. The van der Waals surface area contributed by atoms with Gasteiger partial charge in [-0.1, -0.05) is 25.8 Å². The molecule has 2 aliphatic heterocycles. The summed E-state index contributed by atoms with van der Waals surface area (Å²) in [6, 6.07) is 8.69. The van der Waals surface area contributed by atoms with Crippen LogP contribution in [-0.4, -0.2) is 56.2 Å². The Bertz CT molecular complexity index is 1220. The molecule has 1 aromatic carbocycles. The van der Waals surface area contributed by atoms with E-state index in [0.717, 1.165) is 101 Å². The number of nitrogens with one attached hydrogen (secondary N) is 2. The van der Waals surface area contributed by atoms with Gasteiger partial charge in [0.05, 0.1) is 13.7 Å². The minimum atomic E-state index is 0.295. The zero-order valence-corrected chi connectivity index (χ0v) is 26.7. The quantitative estimate of drug-likeness (QED) is 0.179.